The molecule has 0 heterocycles. The summed E-state index contributed by atoms with van der Waals surface area (Å²) in [6.07, 6.45) is -2.22. The molecule has 0 aromatic heterocycles. The first kappa shape index (κ1) is 13.1. The van der Waals surface area contributed by atoms with Crippen molar-refractivity contribution >= 4 is 5.78 Å². The minimum absolute atomic E-state index is 0.232. The number of hydrogen-bond acceptors (Lipinski definition) is 2. The highest BCUT2D eigenvalue weighted by molar-refractivity contribution is 6.03. The molecular formula is C13H13F3O2. The summed E-state index contributed by atoms with van der Waals surface area (Å²) in [7, 11) is 1.46. The summed E-state index contributed by atoms with van der Waals surface area (Å²) in [6.45, 7) is 0. The standard InChI is InChI=1S/C13H13F3O2/c1-18-12(7-2-8-12)11(17)9-3-5-10(6-4-9)13(14,15)16/h3-6H,2,7-8H2,1H3. The smallest absolute Gasteiger partial charge is 0.370 e. The molecule has 5 heteroatoms. The lowest BCUT2D eigenvalue weighted by Crippen LogP contribution is -2.47. The molecule has 0 saturated heterocycles. The van der Waals surface area contributed by atoms with Gasteiger partial charge in [0, 0.05) is 12.7 Å². The van der Waals surface area contributed by atoms with Crippen molar-refractivity contribution in [2.24, 2.45) is 0 Å². The fraction of sp³-hybridized carbons (Fsp3) is 0.462. The number of benzene rings is 1. The Hall–Kier alpha value is -1.36. The van der Waals surface area contributed by atoms with Crippen molar-refractivity contribution < 1.29 is 22.7 Å². The molecule has 1 aromatic rings. The normalized spacial score (nSPS) is 18.2. The van der Waals surface area contributed by atoms with Gasteiger partial charge in [0.2, 0.25) is 0 Å². The lowest BCUT2D eigenvalue weighted by Gasteiger charge is -2.38. The van der Waals surface area contributed by atoms with E-state index < -0.39 is 17.3 Å². The Labute approximate surface area is 103 Å². The van der Waals surface area contributed by atoms with Crippen molar-refractivity contribution in [2.75, 3.05) is 7.11 Å². The van der Waals surface area contributed by atoms with Gasteiger partial charge in [-0.25, -0.2) is 0 Å². The summed E-state index contributed by atoms with van der Waals surface area (Å²) in [5.41, 5.74) is -1.30. The fourth-order valence-corrected chi connectivity index (χ4v) is 2.10. The number of carbonyl (C=O) groups is 1. The zero-order valence-corrected chi connectivity index (χ0v) is 9.88. The average Bonchev–Trinajstić information content (AvgIpc) is 2.27. The van der Waals surface area contributed by atoms with Gasteiger partial charge in [-0.15, -0.1) is 0 Å². The summed E-state index contributed by atoms with van der Waals surface area (Å²) in [6, 6.07) is 4.28. The van der Waals surface area contributed by atoms with E-state index in [1.807, 2.05) is 0 Å². The molecule has 1 aromatic carbocycles. The molecule has 1 saturated carbocycles. The average molecular weight is 258 g/mol. The van der Waals surface area contributed by atoms with Gasteiger partial charge in [0.15, 0.2) is 5.78 Å². The maximum atomic E-state index is 12.4. The zero-order valence-electron chi connectivity index (χ0n) is 9.88. The zero-order chi connectivity index (χ0) is 13.4. The van der Waals surface area contributed by atoms with Gasteiger partial charge in [-0.2, -0.15) is 13.2 Å². The van der Waals surface area contributed by atoms with E-state index in [4.69, 9.17) is 4.74 Å². The van der Waals surface area contributed by atoms with Crippen molar-refractivity contribution in [3.05, 3.63) is 35.4 Å². The first-order chi connectivity index (χ1) is 8.39. The van der Waals surface area contributed by atoms with Crippen molar-refractivity contribution in [3.8, 4) is 0 Å². The number of halogens is 3. The van der Waals surface area contributed by atoms with E-state index in [-0.39, 0.29) is 11.3 Å². The Morgan fingerprint density at radius 1 is 1.22 bits per heavy atom. The summed E-state index contributed by atoms with van der Waals surface area (Å²) in [5, 5.41) is 0. The lowest BCUT2D eigenvalue weighted by atomic mass is 9.75. The largest absolute Gasteiger partial charge is 0.416 e. The van der Waals surface area contributed by atoms with Gasteiger partial charge in [-0.05, 0) is 31.4 Å². The highest BCUT2D eigenvalue weighted by atomic mass is 19.4. The van der Waals surface area contributed by atoms with E-state index >= 15 is 0 Å². The van der Waals surface area contributed by atoms with Gasteiger partial charge in [-0.1, -0.05) is 12.1 Å². The van der Waals surface area contributed by atoms with Crippen LogP contribution in [0.2, 0.25) is 0 Å². The Bertz CT molecular complexity index is 439. The second-order valence-corrected chi connectivity index (χ2v) is 4.46. The van der Waals surface area contributed by atoms with Crippen molar-refractivity contribution in [3.63, 3.8) is 0 Å². The Balaban J connectivity index is 2.22. The quantitative estimate of drug-likeness (QED) is 0.776. The third-order valence-electron chi connectivity index (χ3n) is 3.44. The number of alkyl halides is 3. The van der Waals surface area contributed by atoms with E-state index in [0.29, 0.717) is 12.8 Å². The molecule has 0 N–H and O–H groups in total. The van der Waals surface area contributed by atoms with E-state index in [2.05, 4.69) is 0 Å². The molecule has 2 rings (SSSR count). The minimum Gasteiger partial charge on any atom is -0.370 e. The van der Waals surface area contributed by atoms with Crippen molar-refractivity contribution in [1.82, 2.24) is 0 Å². The molecule has 1 aliphatic carbocycles. The molecule has 98 valence electrons. The number of ketones is 1. The van der Waals surface area contributed by atoms with Crippen LogP contribution < -0.4 is 0 Å². The third-order valence-corrected chi connectivity index (χ3v) is 3.44. The Kier molecular flexibility index (Phi) is 3.19. The van der Waals surface area contributed by atoms with Gasteiger partial charge in [0.05, 0.1) is 5.56 Å². The Morgan fingerprint density at radius 3 is 2.11 bits per heavy atom. The molecule has 18 heavy (non-hydrogen) atoms. The molecule has 1 aliphatic rings. The minimum atomic E-state index is -4.38. The van der Waals surface area contributed by atoms with Crippen LogP contribution in [-0.2, 0) is 10.9 Å². The SMILES string of the molecule is COC1(C(=O)c2ccc(C(F)(F)F)cc2)CCC1. The van der Waals surface area contributed by atoms with Crippen molar-refractivity contribution in [2.45, 2.75) is 31.0 Å². The maximum absolute atomic E-state index is 12.4. The van der Waals surface area contributed by atoms with Gasteiger partial charge < -0.3 is 4.74 Å². The highest BCUT2D eigenvalue weighted by Crippen LogP contribution is 2.38. The molecule has 0 amide bonds. The second kappa shape index (κ2) is 4.39. The van der Waals surface area contributed by atoms with Crippen LogP contribution in [-0.4, -0.2) is 18.5 Å². The fourth-order valence-electron chi connectivity index (χ4n) is 2.10. The van der Waals surface area contributed by atoms with Crippen LogP contribution in [0.25, 0.3) is 0 Å². The van der Waals surface area contributed by atoms with Gasteiger partial charge in [0.25, 0.3) is 0 Å². The molecule has 0 bridgehead atoms. The predicted octanol–water partition coefficient (Wildman–Crippen LogP) is 3.46. The van der Waals surface area contributed by atoms with Crippen molar-refractivity contribution in [1.29, 1.82) is 0 Å². The molecular weight excluding hydrogens is 245 g/mol. The number of rotatable bonds is 3. The summed E-state index contributed by atoms with van der Waals surface area (Å²) < 4.78 is 42.4. The molecule has 1 fully saturated rings. The molecule has 0 atom stereocenters. The van der Waals surface area contributed by atoms with E-state index in [1.54, 1.807) is 0 Å². The molecule has 0 aliphatic heterocycles. The predicted molar refractivity (Wildman–Crippen MR) is 59.4 cm³/mol. The van der Waals surface area contributed by atoms with Gasteiger partial charge in [-0.3, -0.25) is 4.79 Å². The number of hydrogen-bond donors (Lipinski definition) is 0. The highest BCUT2D eigenvalue weighted by Gasteiger charge is 2.44. The van der Waals surface area contributed by atoms with E-state index in [0.717, 1.165) is 18.6 Å². The van der Waals surface area contributed by atoms with Crippen LogP contribution in [0.3, 0.4) is 0 Å². The maximum Gasteiger partial charge on any atom is 0.416 e. The monoisotopic (exact) mass is 258 g/mol. The molecule has 0 spiro atoms. The van der Waals surface area contributed by atoms with Gasteiger partial charge >= 0.3 is 6.18 Å². The number of Topliss-reactive ketones (excluding diaryl/α,β-unsaturated/α-hetero) is 1. The molecule has 0 unspecified atom stereocenters. The number of ether oxygens (including phenoxy) is 1. The number of carbonyl (C=O) groups excluding carboxylic acids is 1. The second-order valence-electron chi connectivity index (χ2n) is 4.46. The molecule has 0 radical (unpaired) electrons. The van der Waals surface area contributed by atoms with Crippen LogP contribution in [0.4, 0.5) is 13.2 Å². The van der Waals surface area contributed by atoms with Crippen LogP contribution in [0.5, 0.6) is 0 Å². The Morgan fingerprint density at radius 2 is 1.78 bits per heavy atom. The third kappa shape index (κ3) is 2.14. The van der Waals surface area contributed by atoms with Gasteiger partial charge in [0.1, 0.15) is 5.60 Å². The van der Waals surface area contributed by atoms with E-state index in [9.17, 15) is 18.0 Å². The van der Waals surface area contributed by atoms with Crippen LogP contribution >= 0.6 is 0 Å². The molecule has 2 nitrogen and oxygen atoms in total. The van der Waals surface area contributed by atoms with E-state index in [1.165, 1.54) is 19.2 Å². The lowest BCUT2D eigenvalue weighted by molar-refractivity contribution is -0.137. The first-order valence-corrected chi connectivity index (χ1v) is 5.66. The number of methoxy groups -OCH3 is 1. The van der Waals surface area contributed by atoms with Crippen LogP contribution in [0.1, 0.15) is 35.2 Å². The topological polar surface area (TPSA) is 26.3 Å². The van der Waals surface area contributed by atoms with Crippen LogP contribution in [0.15, 0.2) is 24.3 Å². The summed E-state index contributed by atoms with van der Waals surface area (Å²) in [5.74, 6) is -0.232. The summed E-state index contributed by atoms with van der Waals surface area (Å²) >= 11 is 0. The first-order valence-electron chi connectivity index (χ1n) is 5.66. The summed E-state index contributed by atoms with van der Waals surface area (Å²) in [4.78, 5) is 12.1. The van der Waals surface area contributed by atoms with Crippen LogP contribution in [0, 0.1) is 0 Å².